The average Bonchev–Trinajstić information content (AvgIpc) is 2.94. The summed E-state index contributed by atoms with van der Waals surface area (Å²) in [5.74, 6) is 4.10. The summed E-state index contributed by atoms with van der Waals surface area (Å²) in [4.78, 5) is 13.0. The quantitative estimate of drug-likeness (QED) is 0.928. The van der Waals surface area contributed by atoms with E-state index in [0.29, 0.717) is 18.4 Å². The molecule has 4 aliphatic carbocycles. The van der Waals surface area contributed by atoms with Gasteiger partial charge in [0.2, 0.25) is 5.91 Å². The van der Waals surface area contributed by atoms with E-state index in [2.05, 4.69) is 17.4 Å². The predicted molar refractivity (Wildman–Crippen MR) is 88.3 cm³/mol. The minimum absolute atomic E-state index is 0.0340. The van der Waals surface area contributed by atoms with E-state index in [1.165, 1.54) is 24.8 Å². The van der Waals surface area contributed by atoms with E-state index >= 15 is 0 Å². The van der Waals surface area contributed by atoms with Crippen molar-refractivity contribution in [3.8, 4) is 5.75 Å². The van der Waals surface area contributed by atoms with Gasteiger partial charge in [0.05, 0.1) is 6.61 Å². The maximum absolute atomic E-state index is 13.0. The third kappa shape index (κ3) is 2.20. The monoisotopic (exact) mass is 311 g/mol. The summed E-state index contributed by atoms with van der Waals surface area (Å²) in [6.07, 6.45) is 7.58. The van der Waals surface area contributed by atoms with Gasteiger partial charge in [-0.2, -0.15) is 0 Å². The molecule has 6 rings (SSSR count). The number of hydrogen-bond donors (Lipinski definition) is 1. The van der Waals surface area contributed by atoms with Gasteiger partial charge in [0.1, 0.15) is 5.75 Å². The van der Waals surface area contributed by atoms with Gasteiger partial charge in [0, 0.05) is 23.4 Å². The lowest BCUT2D eigenvalue weighted by Gasteiger charge is -2.55. The Morgan fingerprint density at radius 3 is 2.43 bits per heavy atom. The summed E-state index contributed by atoms with van der Waals surface area (Å²) in [7, 11) is 0. The number of benzene rings is 1. The molecule has 1 aromatic rings. The lowest BCUT2D eigenvalue weighted by Crippen LogP contribution is -2.54. The second-order valence-corrected chi connectivity index (χ2v) is 8.45. The number of carbonyl (C=O) groups is 1. The van der Waals surface area contributed by atoms with Crippen molar-refractivity contribution in [3.63, 3.8) is 0 Å². The highest BCUT2D eigenvalue weighted by molar-refractivity contribution is 5.83. The first-order chi connectivity index (χ1) is 11.2. The van der Waals surface area contributed by atoms with Crippen LogP contribution in [0.2, 0.25) is 0 Å². The smallest absolute Gasteiger partial charge is 0.226 e. The van der Waals surface area contributed by atoms with Gasteiger partial charge in [0.15, 0.2) is 0 Å². The third-order valence-electron chi connectivity index (χ3n) is 6.83. The Labute approximate surface area is 137 Å². The molecule has 1 amide bonds. The highest BCUT2D eigenvalue weighted by atomic mass is 16.5. The van der Waals surface area contributed by atoms with Crippen LogP contribution in [0, 0.1) is 23.2 Å². The molecule has 1 aliphatic heterocycles. The highest BCUT2D eigenvalue weighted by Crippen LogP contribution is 2.60. The van der Waals surface area contributed by atoms with Gasteiger partial charge in [-0.1, -0.05) is 18.2 Å². The van der Waals surface area contributed by atoms with Crippen molar-refractivity contribution in [1.29, 1.82) is 0 Å². The maximum atomic E-state index is 13.0. The Morgan fingerprint density at radius 1 is 1.09 bits per heavy atom. The Morgan fingerprint density at radius 2 is 1.74 bits per heavy atom. The second kappa shape index (κ2) is 4.99. The second-order valence-electron chi connectivity index (χ2n) is 8.45. The SMILES string of the molecule is O=C(NC[C@H]1COc2ccccc21)C12CC3CC(CC(C3)C1)C2. The maximum Gasteiger partial charge on any atom is 0.226 e. The molecule has 1 atom stereocenters. The fourth-order valence-corrected chi connectivity index (χ4v) is 6.19. The molecule has 23 heavy (non-hydrogen) atoms. The first kappa shape index (κ1) is 13.9. The summed E-state index contributed by atoms with van der Waals surface area (Å²) in [5, 5.41) is 3.30. The zero-order valence-electron chi connectivity index (χ0n) is 13.6. The zero-order valence-corrected chi connectivity index (χ0v) is 13.6. The number of carbonyl (C=O) groups excluding carboxylic acids is 1. The van der Waals surface area contributed by atoms with Gasteiger partial charge in [-0.05, 0) is 62.3 Å². The van der Waals surface area contributed by atoms with E-state index in [-0.39, 0.29) is 5.41 Å². The van der Waals surface area contributed by atoms with Crippen LogP contribution in [0.3, 0.4) is 0 Å². The van der Waals surface area contributed by atoms with Gasteiger partial charge < -0.3 is 10.1 Å². The number of para-hydroxylation sites is 1. The number of amides is 1. The van der Waals surface area contributed by atoms with Crippen LogP contribution in [-0.4, -0.2) is 19.1 Å². The largest absolute Gasteiger partial charge is 0.493 e. The van der Waals surface area contributed by atoms with Crippen molar-refractivity contribution in [2.24, 2.45) is 23.2 Å². The zero-order chi connectivity index (χ0) is 15.4. The van der Waals surface area contributed by atoms with Crippen molar-refractivity contribution in [1.82, 2.24) is 5.32 Å². The minimum atomic E-state index is -0.0340. The molecule has 1 N–H and O–H groups in total. The van der Waals surface area contributed by atoms with E-state index in [1.54, 1.807) is 0 Å². The Hall–Kier alpha value is -1.51. The average molecular weight is 311 g/mol. The van der Waals surface area contributed by atoms with Crippen molar-refractivity contribution >= 4 is 5.91 Å². The van der Waals surface area contributed by atoms with Crippen LogP contribution in [0.1, 0.15) is 50.0 Å². The molecule has 3 heteroatoms. The number of fused-ring (bicyclic) bond motifs is 1. The van der Waals surface area contributed by atoms with E-state index < -0.39 is 0 Å². The van der Waals surface area contributed by atoms with Crippen LogP contribution in [0.15, 0.2) is 24.3 Å². The van der Waals surface area contributed by atoms with E-state index in [0.717, 1.165) is 49.3 Å². The van der Waals surface area contributed by atoms with Crippen LogP contribution in [0.25, 0.3) is 0 Å². The van der Waals surface area contributed by atoms with E-state index in [4.69, 9.17) is 4.74 Å². The van der Waals surface area contributed by atoms with Crippen LogP contribution < -0.4 is 10.1 Å². The van der Waals surface area contributed by atoms with Gasteiger partial charge in [-0.25, -0.2) is 0 Å². The number of hydrogen-bond acceptors (Lipinski definition) is 2. The molecule has 122 valence electrons. The molecule has 4 fully saturated rings. The molecular formula is C20H25NO2. The lowest BCUT2D eigenvalue weighted by atomic mass is 9.49. The molecule has 5 aliphatic rings. The highest BCUT2D eigenvalue weighted by Gasteiger charge is 2.54. The molecule has 4 saturated carbocycles. The van der Waals surface area contributed by atoms with Crippen LogP contribution in [0.4, 0.5) is 0 Å². The predicted octanol–water partition coefficient (Wildman–Crippen LogP) is 3.50. The van der Waals surface area contributed by atoms with Gasteiger partial charge in [0.25, 0.3) is 0 Å². The van der Waals surface area contributed by atoms with Crippen LogP contribution >= 0.6 is 0 Å². The summed E-state index contributed by atoms with van der Waals surface area (Å²) >= 11 is 0. The van der Waals surface area contributed by atoms with Gasteiger partial charge in [-0.15, -0.1) is 0 Å². The molecule has 1 heterocycles. The Bertz CT molecular complexity index is 603. The van der Waals surface area contributed by atoms with Gasteiger partial charge in [-0.3, -0.25) is 4.79 Å². The minimum Gasteiger partial charge on any atom is -0.493 e. The first-order valence-corrected chi connectivity index (χ1v) is 9.22. The molecule has 0 radical (unpaired) electrons. The molecule has 4 bridgehead atoms. The number of ether oxygens (including phenoxy) is 1. The van der Waals surface area contributed by atoms with E-state index in [9.17, 15) is 4.79 Å². The van der Waals surface area contributed by atoms with Crippen molar-refractivity contribution < 1.29 is 9.53 Å². The molecule has 0 saturated heterocycles. The molecule has 3 nitrogen and oxygen atoms in total. The molecule has 0 unspecified atom stereocenters. The number of nitrogens with one attached hydrogen (secondary N) is 1. The van der Waals surface area contributed by atoms with Gasteiger partial charge >= 0.3 is 0 Å². The Balaban J connectivity index is 1.28. The van der Waals surface area contributed by atoms with Crippen molar-refractivity contribution in [2.45, 2.75) is 44.4 Å². The van der Waals surface area contributed by atoms with Crippen molar-refractivity contribution in [2.75, 3.05) is 13.2 Å². The fraction of sp³-hybridized carbons (Fsp3) is 0.650. The van der Waals surface area contributed by atoms with Crippen molar-refractivity contribution in [3.05, 3.63) is 29.8 Å². The van der Waals surface area contributed by atoms with E-state index in [1.807, 2.05) is 12.1 Å². The normalized spacial score (nSPS) is 39.8. The molecular weight excluding hydrogens is 286 g/mol. The molecule has 1 aromatic carbocycles. The Kier molecular flexibility index (Phi) is 3.01. The number of rotatable bonds is 3. The summed E-state index contributed by atoms with van der Waals surface area (Å²) in [5.41, 5.74) is 1.21. The fourth-order valence-electron chi connectivity index (χ4n) is 6.19. The first-order valence-electron chi connectivity index (χ1n) is 9.22. The molecule has 0 spiro atoms. The lowest BCUT2D eigenvalue weighted by molar-refractivity contribution is -0.146. The standard InChI is InChI=1S/C20H25NO2/c22-19(20-8-13-5-14(9-20)7-15(6-13)10-20)21-11-16-12-23-18-4-2-1-3-17(16)18/h1-4,13-16H,5-12H2,(H,21,22)/t13?,14?,15?,16-,20?/m0/s1. The van der Waals surface area contributed by atoms with Crippen LogP contribution in [-0.2, 0) is 4.79 Å². The summed E-state index contributed by atoms with van der Waals surface area (Å²) < 4.78 is 5.74. The summed E-state index contributed by atoms with van der Waals surface area (Å²) in [6.45, 7) is 1.41. The summed E-state index contributed by atoms with van der Waals surface area (Å²) in [6, 6.07) is 8.22. The molecule has 0 aromatic heterocycles. The van der Waals surface area contributed by atoms with Crippen LogP contribution in [0.5, 0.6) is 5.75 Å². The topological polar surface area (TPSA) is 38.3 Å². The third-order valence-corrected chi connectivity index (χ3v) is 6.83.